The third-order valence-electron chi connectivity index (χ3n) is 4.92. The van der Waals surface area contributed by atoms with Crippen LogP contribution in [0.3, 0.4) is 0 Å². The lowest BCUT2D eigenvalue weighted by molar-refractivity contribution is -0.163. The quantitative estimate of drug-likeness (QED) is 0.234. The minimum absolute atomic E-state index is 0.0736. The van der Waals surface area contributed by atoms with Gasteiger partial charge >= 0.3 is 12.1 Å². The maximum atomic E-state index is 11.9. The second-order valence-electron chi connectivity index (χ2n) is 7.22. The van der Waals surface area contributed by atoms with Gasteiger partial charge in [-0.05, 0) is 49.0 Å². The molecular weight excluding hydrogens is 420 g/mol. The summed E-state index contributed by atoms with van der Waals surface area (Å²) in [5.41, 5.74) is 0.618. The second kappa shape index (κ2) is 9.30. The molecule has 1 saturated heterocycles. The number of phenols is 2. The molecule has 0 spiro atoms. The highest BCUT2D eigenvalue weighted by Crippen LogP contribution is 2.31. The number of rotatable bonds is 9. The van der Waals surface area contributed by atoms with Crippen LogP contribution in [0.25, 0.3) is 0 Å². The predicted octanol–water partition coefficient (Wildman–Crippen LogP) is 0.0783. The number of carboxylic acids is 1. The van der Waals surface area contributed by atoms with E-state index in [1.54, 1.807) is 13.0 Å². The van der Waals surface area contributed by atoms with E-state index in [1.807, 2.05) is 0 Å². The Bertz CT molecular complexity index is 862. The highest BCUT2D eigenvalue weighted by molar-refractivity contribution is 7.80. The van der Waals surface area contributed by atoms with E-state index in [0.29, 0.717) is 5.56 Å². The lowest BCUT2D eigenvalue weighted by Gasteiger charge is -2.49. The van der Waals surface area contributed by atoms with Crippen molar-refractivity contribution >= 4 is 29.1 Å². The van der Waals surface area contributed by atoms with Crippen LogP contribution in [0.15, 0.2) is 18.2 Å². The summed E-state index contributed by atoms with van der Waals surface area (Å²) in [5, 5.41) is 30.6. The van der Waals surface area contributed by atoms with Crippen LogP contribution in [0, 0.1) is 0 Å². The molecule has 1 aromatic carbocycles. The van der Waals surface area contributed by atoms with E-state index < -0.39 is 52.5 Å². The second-order valence-corrected chi connectivity index (χ2v) is 8.62. The minimum atomic E-state index is -2.98. The number of alkyl carbamates (subject to hydrolysis) is 1. The Hall–Kier alpha value is -2.86. The summed E-state index contributed by atoms with van der Waals surface area (Å²) >= 11 is -2.98. The topological polar surface area (TPSA) is 177 Å². The first kappa shape index (κ1) is 23.4. The number of carbonyl (C=O) groups excluding carboxylic acids is 2. The van der Waals surface area contributed by atoms with Crippen LogP contribution in [0.2, 0.25) is 0 Å². The molecule has 0 bridgehead atoms. The molecule has 4 N–H and O–H groups in total. The predicted molar refractivity (Wildman–Crippen MR) is 102 cm³/mol. The SMILES string of the molecule is C[C@@H]1CC(=O)N1[C@@H](C(=O)O)[C@](C)(COC(=O)NCCc1ccc(O)c(O)c1)S(=O)[O-]. The van der Waals surface area contributed by atoms with Crippen molar-refractivity contribution in [3.63, 3.8) is 0 Å². The average molecular weight is 443 g/mol. The molecule has 2 rings (SSSR count). The van der Waals surface area contributed by atoms with E-state index in [2.05, 4.69) is 5.32 Å². The number of phenolic OH excluding ortho intramolecular Hbond substituents is 2. The van der Waals surface area contributed by atoms with Crippen molar-refractivity contribution < 1.29 is 43.2 Å². The van der Waals surface area contributed by atoms with Gasteiger partial charge in [0.15, 0.2) is 11.5 Å². The molecule has 30 heavy (non-hydrogen) atoms. The van der Waals surface area contributed by atoms with Gasteiger partial charge in [0.1, 0.15) is 12.6 Å². The van der Waals surface area contributed by atoms with Gasteiger partial charge in [0, 0.05) is 19.0 Å². The average Bonchev–Trinajstić information content (AvgIpc) is 2.66. The van der Waals surface area contributed by atoms with Gasteiger partial charge in [0.25, 0.3) is 0 Å². The van der Waals surface area contributed by atoms with Crippen LogP contribution in [0.5, 0.6) is 11.5 Å². The molecule has 12 heteroatoms. The van der Waals surface area contributed by atoms with E-state index in [0.717, 1.165) is 11.8 Å². The summed E-state index contributed by atoms with van der Waals surface area (Å²) in [6, 6.07) is 2.00. The van der Waals surface area contributed by atoms with E-state index in [-0.39, 0.29) is 30.9 Å². The largest absolute Gasteiger partial charge is 0.772 e. The van der Waals surface area contributed by atoms with Crippen molar-refractivity contribution in [3.8, 4) is 11.5 Å². The lowest BCUT2D eigenvalue weighted by atomic mass is 9.92. The van der Waals surface area contributed by atoms with Gasteiger partial charge < -0.3 is 34.8 Å². The number of likely N-dealkylation sites (tertiary alicyclic amines) is 1. The highest BCUT2D eigenvalue weighted by atomic mass is 32.2. The zero-order chi connectivity index (χ0) is 22.6. The van der Waals surface area contributed by atoms with Gasteiger partial charge in [-0.2, -0.15) is 0 Å². The number of carboxylic acid groups (broad SMARTS) is 1. The maximum Gasteiger partial charge on any atom is 0.407 e. The summed E-state index contributed by atoms with van der Waals surface area (Å²) < 4.78 is 26.6. The maximum absolute atomic E-state index is 11.9. The van der Waals surface area contributed by atoms with Crippen molar-refractivity contribution in [1.82, 2.24) is 10.2 Å². The molecule has 1 aliphatic rings. The fourth-order valence-electron chi connectivity index (χ4n) is 3.17. The Kier molecular flexibility index (Phi) is 7.26. The molecule has 11 nitrogen and oxygen atoms in total. The van der Waals surface area contributed by atoms with Crippen molar-refractivity contribution in [2.24, 2.45) is 0 Å². The number of benzene rings is 1. The molecule has 166 valence electrons. The van der Waals surface area contributed by atoms with E-state index in [4.69, 9.17) is 4.74 Å². The van der Waals surface area contributed by atoms with Crippen LogP contribution in [-0.2, 0) is 31.8 Å². The third kappa shape index (κ3) is 5.00. The van der Waals surface area contributed by atoms with Crippen LogP contribution in [0.4, 0.5) is 4.79 Å². The Morgan fingerprint density at radius 2 is 2.07 bits per heavy atom. The van der Waals surface area contributed by atoms with Crippen molar-refractivity contribution in [1.29, 1.82) is 0 Å². The molecule has 0 aromatic heterocycles. The number of hydrogen-bond acceptors (Lipinski definition) is 8. The first-order chi connectivity index (χ1) is 14.0. The molecular formula is C18H23N2O9S-. The summed E-state index contributed by atoms with van der Waals surface area (Å²) in [4.78, 5) is 36.5. The number of aliphatic carboxylic acids is 1. The number of carbonyl (C=O) groups is 3. The van der Waals surface area contributed by atoms with Crippen molar-refractivity contribution in [3.05, 3.63) is 23.8 Å². The Morgan fingerprint density at radius 1 is 1.40 bits per heavy atom. The van der Waals surface area contributed by atoms with Crippen LogP contribution in [-0.4, -0.2) is 76.9 Å². The van der Waals surface area contributed by atoms with Crippen LogP contribution in [0.1, 0.15) is 25.8 Å². The van der Waals surface area contributed by atoms with Gasteiger partial charge in [-0.25, -0.2) is 9.59 Å². The summed E-state index contributed by atoms with van der Waals surface area (Å²) in [5.74, 6) is -2.59. The normalized spacial score (nSPS) is 19.9. The summed E-state index contributed by atoms with van der Waals surface area (Å²) in [6.07, 6.45) is -0.577. The molecule has 1 aromatic rings. The van der Waals surface area contributed by atoms with E-state index in [9.17, 15) is 38.5 Å². The Morgan fingerprint density at radius 3 is 2.57 bits per heavy atom. The number of aromatic hydroxyl groups is 2. The first-order valence-corrected chi connectivity index (χ1v) is 10.1. The zero-order valence-corrected chi connectivity index (χ0v) is 17.2. The van der Waals surface area contributed by atoms with Crippen molar-refractivity contribution in [2.75, 3.05) is 13.2 Å². The number of ether oxygens (including phenoxy) is 1. The van der Waals surface area contributed by atoms with Gasteiger partial charge in [-0.3, -0.25) is 9.00 Å². The van der Waals surface area contributed by atoms with E-state index in [1.165, 1.54) is 12.1 Å². The van der Waals surface area contributed by atoms with Crippen LogP contribution < -0.4 is 5.32 Å². The fourth-order valence-corrected chi connectivity index (χ4v) is 3.73. The fraction of sp³-hybridized carbons (Fsp3) is 0.500. The van der Waals surface area contributed by atoms with Gasteiger partial charge in [-0.15, -0.1) is 0 Å². The van der Waals surface area contributed by atoms with Gasteiger partial charge in [0.05, 0.1) is 4.75 Å². The Balaban J connectivity index is 1.97. The Labute approximate surface area is 174 Å². The molecule has 1 heterocycles. The molecule has 1 aliphatic heterocycles. The monoisotopic (exact) mass is 443 g/mol. The van der Waals surface area contributed by atoms with Crippen LogP contribution >= 0.6 is 0 Å². The standard InChI is InChI=1S/C18H24N2O9S/c1-10-7-14(23)20(10)15(16(24)25)18(2,30(27)28)9-29-17(26)19-6-5-11-3-4-12(21)13(22)8-11/h3-4,8,10,15,21-22H,5-7,9H2,1-2H3,(H,19,26)(H,24,25)(H,27,28)/p-1/t10-,15+,18+/m1/s1. The highest BCUT2D eigenvalue weighted by Gasteiger charge is 2.52. The number of nitrogens with zero attached hydrogens (tertiary/aromatic N) is 1. The number of β-lactam (4-membered cyclic amide) rings is 1. The summed E-state index contributed by atoms with van der Waals surface area (Å²) in [6.45, 7) is 1.99. The van der Waals surface area contributed by atoms with Gasteiger partial charge in [0.2, 0.25) is 5.91 Å². The molecule has 1 fully saturated rings. The first-order valence-electron chi connectivity index (χ1n) is 9.02. The minimum Gasteiger partial charge on any atom is -0.772 e. The zero-order valence-electron chi connectivity index (χ0n) is 16.4. The van der Waals surface area contributed by atoms with Crippen molar-refractivity contribution in [2.45, 2.75) is 43.5 Å². The molecule has 4 atom stereocenters. The summed E-state index contributed by atoms with van der Waals surface area (Å²) in [7, 11) is 0. The number of amides is 2. The molecule has 0 saturated carbocycles. The van der Waals surface area contributed by atoms with E-state index >= 15 is 0 Å². The van der Waals surface area contributed by atoms with Gasteiger partial charge in [-0.1, -0.05) is 6.07 Å². The lowest BCUT2D eigenvalue weighted by Crippen LogP contribution is -2.68. The molecule has 1 unspecified atom stereocenters. The number of hydrogen-bond donors (Lipinski definition) is 4. The molecule has 0 aliphatic carbocycles. The third-order valence-corrected chi connectivity index (χ3v) is 6.02. The molecule has 2 amide bonds. The molecule has 0 radical (unpaired) electrons. The number of nitrogens with one attached hydrogen (secondary N) is 1. The smallest absolute Gasteiger partial charge is 0.407 e.